The predicted molar refractivity (Wildman–Crippen MR) is 85.9 cm³/mol. The molecular formula is C16H20N2O7. The van der Waals surface area contributed by atoms with E-state index < -0.39 is 31.3 Å². The summed E-state index contributed by atoms with van der Waals surface area (Å²) < 4.78 is 0. The predicted octanol–water partition coefficient (Wildman–Crippen LogP) is -1.22. The first-order valence-electron chi connectivity index (χ1n) is 7.32. The van der Waals surface area contributed by atoms with Gasteiger partial charge in [0.2, 0.25) is 6.41 Å². The van der Waals surface area contributed by atoms with Crippen molar-refractivity contribution in [1.82, 2.24) is 9.80 Å². The largest absolute Gasteiger partial charge is 0.394 e. The first-order chi connectivity index (χ1) is 11.8. The molecule has 0 bridgehead atoms. The van der Waals surface area contributed by atoms with Gasteiger partial charge in [0.1, 0.15) is 6.73 Å². The molecule has 1 atom stereocenters. The standard InChI is InChI=1S/C16H20N2O7/c1-10-3-11(6-19)14(15(24)17(2)5-12(23)7-20)4-13(10)16(25)18(8-21)9-22/h3-4,6,8,12,20,22-23H,5,7,9H2,1-2H3. The van der Waals surface area contributed by atoms with E-state index in [4.69, 9.17) is 10.2 Å². The molecule has 0 aliphatic rings. The fourth-order valence-corrected chi connectivity index (χ4v) is 2.21. The van der Waals surface area contributed by atoms with Crippen molar-refractivity contribution in [2.75, 3.05) is 26.9 Å². The molecule has 136 valence electrons. The number of carbonyl (C=O) groups excluding carboxylic acids is 4. The fourth-order valence-electron chi connectivity index (χ4n) is 2.21. The number of hydrogen-bond donors (Lipinski definition) is 3. The number of imide groups is 1. The van der Waals surface area contributed by atoms with Gasteiger partial charge < -0.3 is 20.2 Å². The monoisotopic (exact) mass is 352 g/mol. The number of aliphatic hydroxyl groups excluding tert-OH is 3. The zero-order valence-electron chi connectivity index (χ0n) is 13.9. The van der Waals surface area contributed by atoms with Crippen molar-refractivity contribution in [2.24, 2.45) is 0 Å². The van der Waals surface area contributed by atoms with Crippen LogP contribution in [0.15, 0.2) is 12.1 Å². The Labute approximate surface area is 144 Å². The second-order valence-corrected chi connectivity index (χ2v) is 5.42. The lowest BCUT2D eigenvalue weighted by molar-refractivity contribution is -0.118. The molecule has 0 radical (unpaired) electrons. The van der Waals surface area contributed by atoms with Gasteiger partial charge >= 0.3 is 0 Å². The molecule has 0 saturated heterocycles. The van der Waals surface area contributed by atoms with Gasteiger partial charge in [-0.15, -0.1) is 0 Å². The highest BCUT2D eigenvalue weighted by Gasteiger charge is 2.23. The summed E-state index contributed by atoms with van der Waals surface area (Å²) in [7, 11) is 1.36. The first-order valence-corrected chi connectivity index (χ1v) is 7.32. The van der Waals surface area contributed by atoms with Gasteiger partial charge in [-0.05, 0) is 24.6 Å². The van der Waals surface area contributed by atoms with Gasteiger partial charge in [-0.1, -0.05) is 0 Å². The number of aliphatic hydroxyl groups is 3. The van der Waals surface area contributed by atoms with Crippen LogP contribution in [0.2, 0.25) is 0 Å². The van der Waals surface area contributed by atoms with Crippen LogP contribution in [0.3, 0.4) is 0 Å². The van der Waals surface area contributed by atoms with Gasteiger partial charge in [0.05, 0.1) is 18.3 Å². The Kier molecular flexibility index (Phi) is 7.37. The second-order valence-electron chi connectivity index (χ2n) is 5.42. The van der Waals surface area contributed by atoms with Crippen LogP contribution < -0.4 is 0 Å². The Morgan fingerprint density at radius 1 is 1.16 bits per heavy atom. The Morgan fingerprint density at radius 3 is 2.28 bits per heavy atom. The van der Waals surface area contributed by atoms with E-state index in [1.54, 1.807) is 0 Å². The number of likely N-dealkylation sites (N-methyl/N-ethyl adjacent to an activating group) is 1. The fraction of sp³-hybridized carbons (Fsp3) is 0.375. The molecule has 3 N–H and O–H groups in total. The number of aldehydes is 1. The SMILES string of the molecule is Cc1cc(C=O)c(C(=O)N(C)CC(O)CO)cc1C(=O)N(C=O)CO. The molecular weight excluding hydrogens is 332 g/mol. The molecule has 9 nitrogen and oxygen atoms in total. The highest BCUT2D eigenvalue weighted by atomic mass is 16.3. The van der Waals surface area contributed by atoms with Crippen molar-refractivity contribution >= 4 is 24.5 Å². The Balaban J connectivity index is 3.32. The summed E-state index contributed by atoms with van der Waals surface area (Å²) in [5, 5.41) is 27.3. The lowest BCUT2D eigenvalue weighted by Gasteiger charge is -2.21. The summed E-state index contributed by atoms with van der Waals surface area (Å²) in [4.78, 5) is 48.4. The molecule has 0 spiro atoms. The average molecular weight is 352 g/mol. The van der Waals surface area contributed by atoms with E-state index in [2.05, 4.69) is 0 Å². The molecule has 1 unspecified atom stereocenters. The van der Waals surface area contributed by atoms with E-state index in [-0.39, 0.29) is 29.6 Å². The summed E-state index contributed by atoms with van der Waals surface area (Å²) in [5.74, 6) is -1.47. The summed E-state index contributed by atoms with van der Waals surface area (Å²) in [6, 6.07) is 2.49. The zero-order valence-corrected chi connectivity index (χ0v) is 13.9. The van der Waals surface area contributed by atoms with Gasteiger partial charge in [-0.25, -0.2) is 0 Å². The molecule has 9 heteroatoms. The normalized spacial score (nSPS) is 11.6. The van der Waals surface area contributed by atoms with Crippen LogP contribution in [0, 0.1) is 6.92 Å². The van der Waals surface area contributed by atoms with E-state index in [1.165, 1.54) is 20.0 Å². The van der Waals surface area contributed by atoms with Gasteiger partial charge in [0, 0.05) is 24.7 Å². The molecule has 25 heavy (non-hydrogen) atoms. The van der Waals surface area contributed by atoms with Crippen LogP contribution in [0.5, 0.6) is 0 Å². The lowest BCUT2D eigenvalue weighted by Crippen LogP contribution is -2.36. The molecule has 0 heterocycles. The van der Waals surface area contributed by atoms with Crippen molar-refractivity contribution < 1.29 is 34.5 Å². The summed E-state index contributed by atoms with van der Waals surface area (Å²) in [6.45, 7) is -0.0281. The summed E-state index contributed by atoms with van der Waals surface area (Å²) in [5.41, 5.74) is 0.264. The number of benzene rings is 1. The van der Waals surface area contributed by atoms with Crippen LogP contribution in [0.4, 0.5) is 0 Å². The molecule has 0 aliphatic heterocycles. The molecule has 1 rings (SSSR count). The maximum absolute atomic E-state index is 12.5. The Morgan fingerprint density at radius 2 is 1.80 bits per heavy atom. The maximum Gasteiger partial charge on any atom is 0.262 e. The van der Waals surface area contributed by atoms with Crippen LogP contribution >= 0.6 is 0 Å². The molecule has 0 fully saturated rings. The second kappa shape index (κ2) is 9.02. The molecule has 1 aromatic carbocycles. The molecule has 0 saturated carbocycles. The minimum absolute atomic E-state index is 0.0220. The minimum atomic E-state index is -1.15. The number of nitrogens with zero attached hydrogens (tertiary/aromatic N) is 2. The van der Waals surface area contributed by atoms with Crippen LogP contribution in [0.1, 0.15) is 36.6 Å². The Hall–Kier alpha value is -2.62. The van der Waals surface area contributed by atoms with E-state index in [9.17, 15) is 24.3 Å². The third-order valence-electron chi connectivity index (χ3n) is 3.57. The van der Waals surface area contributed by atoms with E-state index in [0.29, 0.717) is 16.7 Å². The zero-order chi connectivity index (χ0) is 19.1. The summed E-state index contributed by atoms with van der Waals surface area (Å²) >= 11 is 0. The minimum Gasteiger partial charge on any atom is -0.394 e. The number of carbonyl (C=O) groups is 4. The van der Waals surface area contributed by atoms with Gasteiger partial charge in [0.25, 0.3) is 11.8 Å². The van der Waals surface area contributed by atoms with E-state index in [1.807, 2.05) is 0 Å². The third-order valence-corrected chi connectivity index (χ3v) is 3.57. The highest BCUT2D eigenvalue weighted by molar-refractivity contribution is 6.06. The molecule has 0 aliphatic carbocycles. The summed E-state index contributed by atoms with van der Waals surface area (Å²) in [6.07, 6.45) is -0.547. The van der Waals surface area contributed by atoms with E-state index >= 15 is 0 Å². The number of hydrogen-bond acceptors (Lipinski definition) is 7. The van der Waals surface area contributed by atoms with E-state index in [0.717, 1.165) is 11.0 Å². The van der Waals surface area contributed by atoms with Crippen LogP contribution in [-0.4, -0.2) is 82.7 Å². The van der Waals surface area contributed by atoms with Gasteiger partial charge in [-0.3, -0.25) is 24.1 Å². The van der Waals surface area contributed by atoms with Crippen LogP contribution in [0.25, 0.3) is 0 Å². The maximum atomic E-state index is 12.5. The number of aryl methyl sites for hydroxylation is 1. The quantitative estimate of drug-likeness (QED) is 0.394. The van der Waals surface area contributed by atoms with Gasteiger partial charge in [0.15, 0.2) is 6.29 Å². The lowest BCUT2D eigenvalue weighted by atomic mass is 9.98. The topological polar surface area (TPSA) is 135 Å². The smallest absolute Gasteiger partial charge is 0.262 e. The van der Waals surface area contributed by atoms with Crippen LogP contribution in [-0.2, 0) is 4.79 Å². The number of amides is 3. The van der Waals surface area contributed by atoms with Crippen molar-refractivity contribution in [3.05, 3.63) is 34.4 Å². The Bertz CT molecular complexity index is 675. The highest BCUT2D eigenvalue weighted by Crippen LogP contribution is 2.19. The van der Waals surface area contributed by atoms with Crippen molar-refractivity contribution in [3.8, 4) is 0 Å². The third kappa shape index (κ3) is 4.69. The number of rotatable bonds is 8. The van der Waals surface area contributed by atoms with Gasteiger partial charge in [-0.2, -0.15) is 0 Å². The molecule has 1 aromatic rings. The van der Waals surface area contributed by atoms with Crippen molar-refractivity contribution in [1.29, 1.82) is 0 Å². The first kappa shape index (κ1) is 20.4. The molecule has 3 amide bonds. The van der Waals surface area contributed by atoms with Crippen molar-refractivity contribution in [2.45, 2.75) is 13.0 Å². The van der Waals surface area contributed by atoms with Crippen molar-refractivity contribution in [3.63, 3.8) is 0 Å². The molecule has 0 aromatic heterocycles. The average Bonchev–Trinajstić information content (AvgIpc) is 2.61.